The average molecular weight is 562 g/mol. The van der Waals surface area contributed by atoms with Crippen molar-refractivity contribution in [3.05, 3.63) is 82.2 Å². The minimum absolute atomic E-state index is 0.0263. The third kappa shape index (κ3) is 5.33. The van der Waals surface area contributed by atoms with Gasteiger partial charge in [0, 0.05) is 31.0 Å². The second-order valence-corrected chi connectivity index (χ2v) is 11.7. The van der Waals surface area contributed by atoms with Gasteiger partial charge < -0.3 is 10.2 Å². The molecule has 1 aliphatic rings. The Hall–Kier alpha value is -4.50. The van der Waals surface area contributed by atoms with Crippen molar-refractivity contribution in [2.24, 2.45) is 12.0 Å². The first kappa shape index (κ1) is 27.1. The van der Waals surface area contributed by atoms with Crippen LogP contribution in [0.3, 0.4) is 0 Å². The number of hydrogen-bond acceptors (Lipinski definition) is 7. The average Bonchev–Trinajstić information content (AvgIpc) is 3.48. The highest BCUT2D eigenvalue weighted by Crippen LogP contribution is 2.39. The molecule has 0 saturated carbocycles. The number of hydrogen-bond donors (Lipinski definition) is 1. The molecule has 3 aromatic heterocycles. The smallest absolute Gasteiger partial charge is 0.277 e. The van der Waals surface area contributed by atoms with E-state index in [2.05, 4.69) is 30.2 Å². The zero-order chi connectivity index (χ0) is 28.8. The van der Waals surface area contributed by atoms with Crippen molar-refractivity contribution >= 4 is 38.4 Å². The highest BCUT2D eigenvalue weighted by Gasteiger charge is 2.27. The lowest BCUT2D eigenvalue weighted by atomic mass is 10.1. The molecule has 0 fully saturated rings. The molecule has 1 aliphatic heterocycles. The van der Waals surface area contributed by atoms with Crippen LogP contribution in [0.2, 0.25) is 0 Å². The topological polar surface area (TPSA) is 106 Å². The van der Waals surface area contributed by atoms with Gasteiger partial charge in [0.25, 0.3) is 12.2 Å². The van der Waals surface area contributed by atoms with Crippen molar-refractivity contribution in [3.8, 4) is 11.3 Å². The number of alkyl halides is 2. The molecule has 0 bridgehead atoms. The largest absolute Gasteiger partial charge is 0.360 e. The maximum Gasteiger partial charge on any atom is 0.277 e. The number of aromatic nitrogens is 4. The fraction of sp³-hybridized carbons (Fsp3) is 0.250. The molecule has 4 heterocycles. The number of nitrogens with one attached hydrogen (secondary N) is 1. The highest BCUT2D eigenvalue weighted by molar-refractivity contribution is 7.90. The third-order valence-corrected chi connectivity index (χ3v) is 7.77. The van der Waals surface area contributed by atoms with Crippen LogP contribution >= 0.6 is 0 Å². The van der Waals surface area contributed by atoms with E-state index in [9.17, 15) is 17.2 Å². The van der Waals surface area contributed by atoms with Gasteiger partial charge in [-0.25, -0.2) is 22.2 Å². The van der Waals surface area contributed by atoms with Crippen LogP contribution in [0.4, 0.5) is 31.7 Å². The number of fused-ring (bicyclic) bond motifs is 1. The fourth-order valence-electron chi connectivity index (χ4n) is 4.46. The van der Waals surface area contributed by atoms with Crippen molar-refractivity contribution in [1.82, 2.24) is 19.7 Å². The van der Waals surface area contributed by atoms with Gasteiger partial charge in [0.15, 0.2) is 9.84 Å². The molecule has 0 radical (unpaired) electrons. The van der Waals surface area contributed by atoms with Crippen LogP contribution in [-0.2, 0) is 29.7 Å². The minimum Gasteiger partial charge on any atom is -0.360 e. The van der Waals surface area contributed by atoms with E-state index in [-0.39, 0.29) is 40.6 Å². The summed E-state index contributed by atoms with van der Waals surface area (Å²) in [4.78, 5) is 16.5. The van der Waals surface area contributed by atoms with E-state index in [1.807, 2.05) is 13.0 Å². The lowest BCUT2D eigenvalue weighted by molar-refractivity contribution is 0.224. The maximum absolute atomic E-state index is 13.6. The molecule has 0 amide bonds. The number of aliphatic imine (C=N–C) groups is 1. The molecule has 1 aromatic carbocycles. The third-order valence-electron chi connectivity index (χ3n) is 6.63. The number of nitrogens with zero attached hydrogens (tertiary/aromatic N) is 6. The Balaban J connectivity index is 1.58. The van der Waals surface area contributed by atoms with Gasteiger partial charge in [-0.05, 0) is 49.7 Å². The summed E-state index contributed by atoms with van der Waals surface area (Å²) in [6.07, 6.45) is -1.53. The molecule has 9 nitrogen and oxygen atoms in total. The van der Waals surface area contributed by atoms with Gasteiger partial charge in [-0.2, -0.15) is 5.10 Å². The van der Waals surface area contributed by atoms with Crippen molar-refractivity contribution < 1.29 is 17.2 Å². The minimum atomic E-state index is -3.70. The van der Waals surface area contributed by atoms with Crippen LogP contribution in [0.15, 0.2) is 52.4 Å². The molecular formula is C28H25F2N7O2S. The number of benzene rings is 1. The van der Waals surface area contributed by atoms with E-state index >= 15 is 0 Å². The Kier molecular flexibility index (Phi) is 6.93. The first-order valence-electron chi connectivity index (χ1n) is 12.3. The molecule has 5 rings (SSSR count). The predicted octanol–water partition coefficient (Wildman–Crippen LogP) is 5.68. The van der Waals surface area contributed by atoms with Crippen LogP contribution < -0.4 is 5.32 Å². The number of aryl methyl sites for hydroxylation is 3. The van der Waals surface area contributed by atoms with Crippen molar-refractivity contribution in [2.75, 3.05) is 11.6 Å². The molecule has 4 aromatic rings. The first-order chi connectivity index (χ1) is 18.9. The van der Waals surface area contributed by atoms with Crippen molar-refractivity contribution in [3.63, 3.8) is 0 Å². The highest BCUT2D eigenvalue weighted by atomic mass is 32.2. The number of rotatable bonds is 7. The summed E-state index contributed by atoms with van der Waals surface area (Å²) in [5.41, 5.74) is 4.91. The SMILES string of the molecule is [C-]#[N+]c1nc(Cc2cc(Nc3ccc(-c4cc(C)n(C)n4)cc3S(C)(=O)=O)c3c(n2)CC(C(F)F)=N3)ccc1C. The van der Waals surface area contributed by atoms with Crippen LogP contribution in [0, 0.1) is 20.4 Å². The molecule has 0 aliphatic carbocycles. The summed E-state index contributed by atoms with van der Waals surface area (Å²) in [7, 11) is -1.90. The Morgan fingerprint density at radius 3 is 2.50 bits per heavy atom. The van der Waals surface area contributed by atoms with Crippen LogP contribution in [0.1, 0.15) is 28.3 Å². The van der Waals surface area contributed by atoms with E-state index in [1.54, 1.807) is 49.0 Å². The van der Waals surface area contributed by atoms with E-state index in [4.69, 9.17) is 6.57 Å². The standard InChI is InChI=1S/C28H25F2N7O2S/c1-15-6-8-18(33-28(15)31-3)12-19-13-22(26-23(32-19)14-24(35-26)27(29)30)34-20-9-7-17(11-25(20)40(5,38)39)21-10-16(2)37(4)36-21/h6-11,13,27H,12,14H2,1-2,4-5H3,(H,32,34). The van der Waals surface area contributed by atoms with Gasteiger partial charge in [-0.3, -0.25) is 9.67 Å². The van der Waals surface area contributed by atoms with E-state index in [1.165, 1.54) is 6.07 Å². The van der Waals surface area contributed by atoms with Gasteiger partial charge in [-0.15, -0.1) is 4.98 Å². The fourth-order valence-corrected chi connectivity index (χ4v) is 5.32. The zero-order valence-electron chi connectivity index (χ0n) is 22.2. The Labute approximate surface area is 230 Å². The second-order valence-electron chi connectivity index (χ2n) is 9.67. The monoisotopic (exact) mass is 561 g/mol. The second kappa shape index (κ2) is 10.2. The zero-order valence-corrected chi connectivity index (χ0v) is 23.0. The molecule has 0 saturated heterocycles. The molecule has 1 N–H and O–H groups in total. The summed E-state index contributed by atoms with van der Waals surface area (Å²) >= 11 is 0. The van der Waals surface area contributed by atoms with Gasteiger partial charge in [0.2, 0.25) is 0 Å². The number of anilines is 2. The summed E-state index contributed by atoms with van der Waals surface area (Å²) in [6.45, 7) is 11.0. The van der Waals surface area contributed by atoms with E-state index < -0.39 is 16.3 Å². The Morgan fingerprint density at radius 2 is 1.85 bits per heavy atom. The quantitative estimate of drug-likeness (QED) is 0.291. The Bertz CT molecular complexity index is 1820. The molecule has 0 unspecified atom stereocenters. The first-order valence-corrected chi connectivity index (χ1v) is 14.2. The predicted molar refractivity (Wildman–Crippen MR) is 149 cm³/mol. The van der Waals surface area contributed by atoms with Crippen molar-refractivity contribution in [1.29, 1.82) is 0 Å². The molecule has 204 valence electrons. The maximum atomic E-state index is 13.6. The molecule has 0 spiro atoms. The van der Waals surface area contributed by atoms with Crippen molar-refractivity contribution in [2.45, 2.75) is 38.0 Å². The molecule has 12 heteroatoms. The van der Waals surface area contributed by atoms with E-state index in [0.29, 0.717) is 34.0 Å². The molecule has 0 atom stereocenters. The van der Waals surface area contributed by atoms with E-state index in [0.717, 1.165) is 17.5 Å². The number of pyridine rings is 2. The lowest BCUT2D eigenvalue weighted by Crippen LogP contribution is -2.10. The van der Waals surface area contributed by atoms with Crippen LogP contribution in [0.5, 0.6) is 0 Å². The molecule has 40 heavy (non-hydrogen) atoms. The number of sulfone groups is 1. The summed E-state index contributed by atoms with van der Waals surface area (Å²) < 4.78 is 54.5. The van der Waals surface area contributed by atoms with Gasteiger partial charge in [0.05, 0.1) is 45.5 Å². The lowest BCUT2D eigenvalue weighted by Gasteiger charge is -2.15. The number of halogens is 2. The summed E-state index contributed by atoms with van der Waals surface area (Å²) in [5, 5.41) is 7.56. The summed E-state index contributed by atoms with van der Waals surface area (Å²) in [5.74, 6) is 0.279. The van der Waals surface area contributed by atoms with Crippen LogP contribution in [0.25, 0.3) is 16.1 Å². The van der Waals surface area contributed by atoms with Gasteiger partial charge in [-0.1, -0.05) is 18.7 Å². The normalized spacial score (nSPS) is 12.8. The van der Waals surface area contributed by atoms with Crippen LogP contribution in [-0.4, -0.2) is 46.6 Å². The Morgan fingerprint density at radius 1 is 1.07 bits per heavy atom. The van der Waals surface area contributed by atoms with Gasteiger partial charge >= 0.3 is 0 Å². The van der Waals surface area contributed by atoms with Gasteiger partial charge in [0.1, 0.15) is 11.4 Å². The molecular weight excluding hydrogens is 536 g/mol. The summed E-state index contributed by atoms with van der Waals surface area (Å²) in [6, 6.07) is 12.0.